The number of aryl methyl sites for hydroxylation is 2. The van der Waals surface area contributed by atoms with Gasteiger partial charge in [-0.2, -0.15) is 0 Å². The van der Waals surface area contributed by atoms with E-state index in [9.17, 15) is 24.8 Å². The number of hydrogen-bond donors (Lipinski definition) is 1. The second kappa shape index (κ2) is 8.88. The van der Waals surface area contributed by atoms with Gasteiger partial charge in [0.1, 0.15) is 11.5 Å². The Balaban J connectivity index is 1.97. The Bertz CT molecular complexity index is 1360. The van der Waals surface area contributed by atoms with Crippen molar-refractivity contribution in [2.75, 3.05) is 12.0 Å². The fraction of sp³-hybridized carbons (Fsp3) is 0.174. The number of halogens is 1. The smallest absolute Gasteiger partial charge is 0.301 e. The average Bonchev–Trinajstić information content (AvgIpc) is 3.28. The Morgan fingerprint density at radius 2 is 1.97 bits per heavy atom. The molecule has 1 atom stereocenters. The molecular formula is C23H18ClN3O6S. The van der Waals surface area contributed by atoms with E-state index >= 15 is 0 Å². The lowest BCUT2D eigenvalue weighted by molar-refractivity contribution is -0.384. The summed E-state index contributed by atoms with van der Waals surface area (Å²) in [5.74, 6) is -1.94. The zero-order valence-corrected chi connectivity index (χ0v) is 19.8. The molecule has 0 aliphatic carbocycles. The highest BCUT2D eigenvalue weighted by Gasteiger charge is 2.48. The first kappa shape index (κ1) is 23.4. The van der Waals surface area contributed by atoms with Gasteiger partial charge in [0.15, 0.2) is 5.13 Å². The molecule has 0 bridgehead atoms. The van der Waals surface area contributed by atoms with Crippen LogP contribution in [0.1, 0.15) is 27.7 Å². The molecule has 174 valence electrons. The van der Waals surface area contributed by atoms with Crippen LogP contribution in [0, 0.1) is 24.0 Å². The number of nitro benzene ring substituents is 1. The number of carbonyl (C=O) groups excluding carboxylic acids is 2. The summed E-state index contributed by atoms with van der Waals surface area (Å²) in [5.41, 5.74) is 0.701. The topological polar surface area (TPSA) is 123 Å². The van der Waals surface area contributed by atoms with Gasteiger partial charge in [0.25, 0.3) is 11.5 Å². The first-order valence-corrected chi connectivity index (χ1v) is 11.2. The number of aromatic nitrogens is 1. The standard InChI is InChI=1S/C23H18ClN3O6S/c1-11-12(2)34-23(25-11)26-19(13-5-4-6-15(9-13)27(31)32)18(21(29)22(26)30)20(28)14-7-8-17(33-3)16(24)10-14/h4-10,19,28H,1-3H3/t19-/m1/s1. The van der Waals surface area contributed by atoms with Gasteiger partial charge in [0.05, 0.1) is 34.4 Å². The first-order valence-electron chi connectivity index (χ1n) is 9.97. The normalized spacial score (nSPS) is 17.3. The molecule has 4 rings (SSSR count). The Kier molecular flexibility index (Phi) is 6.11. The Hall–Kier alpha value is -3.76. The number of benzene rings is 2. The minimum Gasteiger partial charge on any atom is -0.507 e. The second-order valence-electron chi connectivity index (χ2n) is 7.51. The van der Waals surface area contributed by atoms with E-state index in [4.69, 9.17) is 16.3 Å². The van der Waals surface area contributed by atoms with Gasteiger partial charge in [-0.15, -0.1) is 11.3 Å². The molecule has 1 aromatic heterocycles. The number of carbonyl (C=O) groups is 2. The van der Waals surface area contributed by atoms with Gasteiger partial charge >= 0.3 is 5.91 Å². The molecule has 0 radical (unpaired) electrons. The maximum absolute atomic E-state index is 13.2. The van der Waals surface area contributed by atoms with E-state index in [0.717, 1.165) is 4.88 Å². The van der Waals surface area contributed by atoms with E-state index in [-0.39, 0.29) is 32.5 Å². The van der Waals surface area contributed by atoms with E-state index in [1.807, 2.05) is 6.92 Å². The Morgan fingerprint density at radius 3 is 2.56 bits per heavy atom. The predicted octanol–water partition coefficient (Wildman–Crippen LogP) is 4.96. The molecule has 1 aliphatic rings. The lowest BCUT2D eigenvalue weighted by Gasteiger charge is -2.23. The van der Waals surface area contributed by atoms with Gasteiger partial charge in [0.2, 0.25) is 0 Å². The number of amides is 1. The molecule has 2 aromatic carbocycles. The van der Waals surface area contributed by atoms with Crippen molar-refractivity contribution < 1.29 is 24.4 Å². The van der Waals surface area contributed by atoms with Crippen LogP contribution in [0.2, 0.25) is 5.02 Å². The summed E-state index contributed by atoms with van der Waals surface area (Å²) < 4.78 is 5.13. The van der Waals surface area contributed by atoms with Crippen molar-refractivity contribution in [3.63, 3.8) is 0 Å². The SMILES string of the molecule is COc1ccc(C(O)=C2C(=O)C(=O)N(c3nc(C)c(C)s3)[C@@H]2c2cccc([N+](=O)[O-])c2)cc1Cl. The lowest BCUT2D eigenvalue weighted by Crippen LogP contribution is -2.29. The molecule has 3 aromatic rings. The van der Waals surface area contributed by atoms with Gasteiger partial charge in [-0.25, -0.2) is 4.98 Å². The summed E-state index contributed by atoms with van der Waals surface area (Å²) in [5, 5.41) is 23.0. The average molecular weight is 500 g/mol. The summed E-state index contributed by atoms with van der Waals surface area (Å²) in [7, 11) is 1.44. The van der Waals surface area contributed by atoms with Gasteiger partial charge in [-0.05, 0) is 37.6 Å². The number of nitrogens with zero attached hydrogens (tertiary/aromatic N) is 3. The third kappa shape index (κ3) is 3.91. The monoisotopic (exact) mass is 499 g/mol. The summed E-state index contributed by atoms with van der Waals surface area (Å²) >= 11 is 7.40. The highest BCUT2D eigenvalue weighted by atomic mass is 35.5. The van der Waals surface area contributed by atoms with Crippen LogP contribution in [-0.2, 0) is 9.59 Å². The number of hydrogen-bond acceptors (Lipinski definition) is 8. The number of Topliss-reactive ketones (excluding diaryl/α,β-unsaturated/α-hetero) is 1. The van der Waals surface area contributed by atoms with Crippen LogP contribution < -0.4 is 9.64 Å². The molecule has 1 N–H and O–H groups in total. The lowest BCUT2D eigenvalue weighted by atomic mass is 9.95. The van der Waals surface area contributed by atoms with Crippen LogP contribution in [0.25, 0.3) is 5.76 Å². The number of thiazole rings is 1. The van der Waals surface area contributed by atoms with Gasteiger partial charge in [-0.1, -0.05) is 23.7 Å². The van der Waals surface area contributed by atoms with E-state index in [2.05, 4.69) is 4.98 Å². The van der Waals surface area contributed by atoms with E-state index < -0.39 is 28.4 Å². The second-order valence-corrected chi connectivity index (χ2v) is 9.10. The molecule has 34 heavy (non-hydrogen) atoms. The summed E-state index contributed by atoms with van der Waals surface area (Å²) in [6.07, 6.45) is 0. The minimum absolute atomic E-state index is 0.186. The predicted molar refractivity (Wildman–Crippen MR) is 127 cm³/mol. The largest absolute Gasteiger partial charge is 0.507 e. The van der Waals surface area contributed by atoms with Crippen LogP contribution in [0.3, 0.4) is 0 Å². The number of ether oxygens (including phenoxy) is 1. The molecule has 11 heteroatoms. The van der Waals surface area contributed by atoms with Crippen LogP contribution in [0.15, 0.2) is 48.0 Å². The minimum atomic E-state index is -1.13. The maximum Gasteiger partial charge on any atom is 0.301 e. The van der Waals surface area contributed by atoms with Crippen LogP contribution in [0.5, 0.6) is 5.75 Å². The molecule has 0 spiro atoms. The van der Waals surface area contributed by atoms with Crippen LogP contribution >= 0.6 is 22.9 Å². The molecule has 9 nitrogen and oxygen atoms in total. The number of nitro groups is 1. The zero-order chi connectivity index (χ0) is 24.7. The van der Waals surface area contributed by atoms with Crippen molar-refractivity contribution in [3.8, 4) is 5.75 Å². The van der Waals surface area contributed by atoms with Gasteiger partial charge < -0.3 is 9.84 Å². The number of ketones is 1. The highest BCUT2D eigenvalue weighted by molar-refractivity contribution is 7.16. The fourth-order valence-corrected chi connectivity index (χ4v) is 4.88. The summed E-state index contributed by atoms with van der Waals surface area (Å²) in [4.78, 5) is 43.6. The molecule has 0 saturated carbocycles. The van der Waals surface area contributed by atoms with Crippen molar-refractivity contribution in [1.82, 2.24) is 4.98 Å². The highest BCUT2D eigenvalue weighted by Crippen LogP contribution is 2.44. The van der Waals surface area contributed by atoms with E-state index in [1.54, 1.807) is 13.0 Å². The summed E-state index contributed by atoms with van der Waals surface area (Å²) in [6, 6.07) is 8.87. The number of non-ortho nitro benzene ring substituents is 1. The van der Waals surface area contributed by atoms with Crippen molar-refractivity contribution in [1.29, 1.82) is 0 Å². The molecule has 0 unspecified atom stereocenters. The van der Waals surface area contributed by atoms with E-state index in [0.29, 0.717) is 11.4 Å². The Labute approximate surface area is 203 Å². The van der Waals surface area contributed by atoms with Gasteiger partial charge in [-0.3, -0.25) is 24.6 Å². The molecular weight excluding hydrogens is 482 g/mol. The molecule has 1 fully saturated rings. The van der Waals surface area contributed by atoms with Crippen LogP contribution in [0.4, 0.5) is 10.8 Å². The quantitative estimate of drug-likeness (QED) is 0.173. The van der Waals surface area contributed by atoms with E-state index in [1.165, 1.54) is 59.7 Å². The third-order valence-corrected chi connectivity index (χ3v) is 6.86. The van der Waals surface area contributed by atoms with Crippen molar-refractivity contribution in [3.05, 3.63) is 84.9 Å². The number of aliphatic hydroxyl groups is 1. The molecule has 1 amide bonds. The number of methoxy groups -OCH3 is 1. The fourth-order valence-electron chi connectivity index (χ4n) is 3.68. The first-order chi connectivity index (χ1) is 16.1. The maximum atomic E-state index is 13.2. The third-order valence-electron chi connectivity index (χ3n) is 5.49. The van der Waals surface area contributed by atoms with Crippen molar-refractivity contribution >= 4 is 51.2 Å². The van der Waals surface area contributed by atoms with Crippen molar-refractivity contribution in [2.24, 2.45) is 0 Å². The van der Waals surface area contributed by atoms with Crippen molar-refractivity contribution in [2.45, 2.75) is 19.9 Å². The molecule has 1 aliphatic heterocycles. The summed E-state index contributed by atoms with van der Waals surface area (Å²) in [6.45, 7) is 3.60. The number of anilines is 1. The zero-order valence-electron chi connectivity index (χ0n) is 18.2. The Morgan fingerprint density at radius 1 is 1.24 bits per heavy atom. The number of rotatable bonds is 5. The van der Waals surface area contributed by atoms with Gasteiger partial charge in [0, 0.05) is 22.6 Å². The molecule has 2 heterocycles. The number of aliphatic hydroxyl groups excluding tert-OH is 1. The molecule has 1 saturated heterocycles. The van der Waals surface area contributed by atoms with Crippen LogP contribution in [-0.4, -0.2) is 33.8 Å².